The van der Waals surface area contributed by atoms with Gasteiger partial charge in [0.15, 0.2) is 10.8 Å². The lowest BCUT2D eigenvalue weighted by Crippen LogP contribution is -2.52. The number of carbonyl (C=O) groups excluding carboxylic acids is 1. The van der Waals surface area contributed by atoms with E-state index in [2.05, 4.69) is 17.2 Å². The van der Waals surface area contributed by atoms with E-state index in [1.807, 2.05) is 29.3 Å². The number of halogens is 2. The van der Waals surface area contributed by atoms with Crippen molar-refractivity contribution < 1.29 is 9.21 Å². The highest BCUT2D eigenvalue weighted by Crippen LogP contribution is 2.26. The zero-order valence-electron chi connectivity index (χ0n) is 13.1. The second-order valence-corrected chi connectivity index (χ2v) is 6.23. The first-order valence-corrected chi connectivity index (χ1v) is 8.03. The monoisotopic (exact) mass is 377 g/mol. The Kier molecular flexibility index (Phi) is 7.54. The molecule has 1 saturated heterocycles. The summed E-state index contributed by atoms with van der Waals surface area (Å²) in [5.41, 5.74) is 0.819. The van der Waals surface area contributed by atoms with Crippen LogP contribution in [0.3, 0.4) is 0 Å². The van der Waals surface area contributed by atoms with Gasteiger partial charge in [-0.3, -0.25) is 4.79 Å². The predicted octanol–water partition coefficient (Wildman–Crippen LogP) is 2.92. The molecular weight excluding hydrogens is 357 g/mol. The normalized spacial score (nSPS) is 17.3. The first-order valence-electron chi connectivity index (χ1n) is 7.15. The number of aryl methyl sites for hydroxylation is 1. The second-order valence-electron chi connectivity index (χ2n) is 5.37. The van der Waals surface area contributed by atoms with Crippen molar-refractivity contribution in [1.29, 1.82) is 0 Å². The van der Waals surface area contributed by atoms with Gasteiger partial charge in [0.05, 0.1) is 12.1 Å². The van der Waals surface area contributed by atoms with Gasteiger partial charge in [0.1, 0.15) is 5.76 Å². The molecule has 1 amide bonds. The number of rotatable bonds is 3. The molecule has 0 bridgehead atoms. The molecule has 8 heteroatoms. The Balaban J connectivity index is 0.00000132. The number of thiazole rings is 1. The standard InChI is InChI=1S/C15H19N3O2S.2ClH/c1-10-8-16-5-6-18(10)14(19)7-12-9-21-15(17-12)13-4-3-11(2)20-13;;/h3-4,9-10,16H,5-8H2,1-2H3;2*1H/t10-;;/m0../s1. The Morgan fingerprint density at radius 3 is 2.91 bits per heavy atom. The molecule has 3 rings (SSSR count). The van der Waals surface area contributed by atoms with Gasteiger partial charge in [0.2, 0.25) is 5.91 Å². The number of furan rings is 1. The van der Waals surface area contributed by atoms with E-state index in [4.69, 9.17) is 4.42 Å². The van der Waals surface area contributed by atoms with Crippen LogP contribution in [0, 0.1) is 6.92 Å². The van der Waals surface area contributed by atoms with E-state index in [9.17, 15) is 4.79 Å². The minimum Gasteiger partial charge on any atom is -0.459 e. The molecule has 1 aliphatic rings. The molecule has 1 aliphatic heterocycles. The molecule has 5 nitrogen and oxygen atoms in total. The van der Waals surface area contributed by atoms with Crippen molar-refractivity contribution in [2.24, 2.45) is 0 Å². The van der Waals surface area contributed by atoms with Gasteiger partial charge in [-0.25, -0.2) is 4.98 Å². The molecule has 23 heavy (non-hydrogen) atoms. The Morgan fingerprint density at radius 2 is 2.26 bits per heavy atom. The summed E-state index contributed by atoms with van der Waals surface area (Å²) in [7, 11) is 0. The van der Waals surface area contributed by atoms with Gasteiger partial charge in [-0.15, -0.1) is 36.2 Å². The molecule has 0 radical (unpaired) electrons. The molecule has 0 unspecified atom stereocenters. The molecule has 1 fully saturated rings. The number of amides is 1. The van der Waals surface area contributed by atoms with Crippen LogP contribution in [0.4, 0.5) is 0 Å². The van der Waals surface area contributed by atoms with E-state index in [0.717, 1.165) is 41.9 Å². The van der Waals surface area contributed by atoms with Gasteiger partial charge >= 0.3 is 0 Å². The van der Waals surface area contributed by atoms with Crippen LogP contribution >= 0.6 is 36.2 Å². The summed E-state index contributed by atoms with van der Waals surface area (Å²) in [5, 5.41) is 6.07. The number of hydrogen-bond acceptors (Lipinski definition) is 5. The quantitative estimate of drug-likeness (QED) is 0.892. The molecule has 1 N–H and O–H groups in total. The summed E-state index contributed by atoms with van der Waals surface area (Å²) in [6.45, 7) is 6.48. The number of piperazine rings is 1. The largest absolute Gasteiger partial charge is 0.459 e. The Morgan fingerprint density at radius 1 is 1.48 bits per heavy atom. The zero-order chi connectivity index (χ0) is 14.8. The highest BCUT2D eigenvalue weighted by atomic mass is 35.5. The van der Waals surface area contributed by atoms with E-state index in [1.54, 1.807) is 0 Å². The highest BCUT2D eigenvalue weighted by molar-refractivity contribution is 7.13. The highest BCUT2D eigenvalue weighted by Gasteiger charge is 2.23. The molecule has 2 aromatic rings. The van der Waals surface area contributed by atoms with Crippen molar-refractivity contribution in [3.8, 4) is 10.8 Å². The van der Waals surface area contributed by atoms with E-state index in [1.165, 1.54) is 11.3 Å². The van der Waals surface area contributed by atoms with Crippen LogP contribution in [0.15, 0.2) is 21.9 Å². The summed E-state index contributed by atoms with van der Waals surface area (Å²) in [4.78, 5) is 18.8. The molecule has 0 aliphatic carbocycles. The van der Waals surface area contributed by atoms with Crippen LogP contribution < -0.4 is 5.32 Å². The van der Waals surface area contributed by atoms with E-state index in [0.29, 0.717) is 6.42 Å². The molecule has 128 valence electrons. The third-order valence-electron chi connectivity index (χ3n) is 3.66. The Hall–Kier alpha value is -1.08. The SMILES string of the molecule is Cc1ccc(-c2nc(CC(=O)N3CCNC[C@@H]3C)cs2)o1.Cl.Cl. The van der Waals surface area contributed by atoms with Crippen LogP contribution in [-0.2, 0) is 11.2 Å². The van der Waals surface area contributed by atoms with E-state index >= 15 is 0 Å². The number of nitrogens with one attached hydrogen (secondary N) is 1. The predicted molar refractivity (Wildman–Crippen MR) is 96.8 cm³/mol. The van der Waals surface area contributed by atoms with Gasteiger partial charge in [-0.2, -0.15) is 0 Å². The van der Waals surface area contributed by atoms with Crippen LogP contribution in [0.25, 0.3) is 10.8 Å². The number of aromatic nitrogens is 1. The Bertz CT molecular complexity index is 644. The molecular formula is C15H21Cl2N3O2S. The molecule has 1 atom stereocenters. The summed E-state index contributed by atoms with van der Waals surface area (Å²) in [6, 6.07) is 4.08. The topological polar surface area (TPSA) is 58.4 Å². The second kappa shape index (κ2) is 8.68. The average Bonchev–Trinajstić information content (AvgIpc) is 3.08. The van der Waals surface area contributed by atoms with Gasteiger partial charge in [0, 0.05) is 31.1 Å². The van der Waals surface area contributed by atoms with Gasteiger partial charge in [-0.05, 0) is 26.0 Å². The van der Waals surface area contributed by atoms with E-state index in [-0.39, 0.29) is 36.8 Å². The third kappa shape index (κ3) is 4.70. The summed E-state index contributed by atoms with van der Waals surface area (Å²) >= 11 is 1.52. The lowest BCUT2D eigenvalue weighted by Gasteiger charge is -2.33. The van der Waals surface area contributed by atoms with Crippen LogP contribution in [0.5, 0.6) is 0 Å². The number of carbonyl (C=O) groups is 1. The summed E-state index contributed by atoms with van der Waals surface area (Å²) < 4.78 is 5.57. The lowest BCUT2D eigenvalue weighted by molar-refractivity contribution is -0.133. The summed E-state index contributed by atoms with van der Waals surface area (Å²) in [5.74, 6) is 1.79. The maximum atomic E-state index is 12.4. The molecule has 0 aromatic carbocycles. The Labute approximate surface area is 152 Å². The minimum absolute atomic E-state index is 0. The fraction of sp³-hybridized carbons (Fsp3) is 0.467. The van der Waals surface area contributed by atoms with Crippen molar-refractivity contribution in [1.82, 2.24) is 15.2 Å². The number of hydrogen-bond donors (Lipinski definition) is 1. The van der Waals surface area contributed by atoms with Crippen molar-refractivity contribution in [2.45, 2.75) is 26.3 Å². The zero-order valence-corrected chi connectivity index (χ0v) is 15.5. The maximum absolute atomic E-state index is 12.4. The lowest BCUT2D eigenvalue weighted by atomic mass is 10.2. The van der Waals surface area contributed by atoms with E-state index < -0.39 is 0 Å². The van der Waals surface area contributed by atoms with Crippen LogP contribution in [0.1, 0.15) is 18.4 Å². The minimum atomic E-state index is 0. The molecule has 0 spiro atoms. The molecule has 2 aromatic heterocycles. The first kappa shape index (κ1) is 20.0. The third-order valence-corrected chi connectivity index (χ3v) is 4.56. The van der Waals surface area contributed by atoms with Gasteiger partial charge in [-0.1, -0.05) is 0 Å². The van der Waals surface area contributed by atoms with Crippen molar-refractivity contribution >= 4 is 42.1 Å². The van der Waals surface area contributed by atoms with Gasteiger partial charge in [0.25, 0.3) is 0 Å². The molecule has 0 saturated carbocycles. The van der Waals surface area contributed by atoms with Crippen molar-refractivity contribution in [3.05, 3.63) is 29.0 Å². The maximum Gasteiger partial charge on any atom is 0.228 e. The van der Waals surface area contributed by atoms with Crippen LogP contribution in [-0.4, -0.2) is 41.5 Å². The fourth-order valence-corrected chi connectivity index (χ4v) is 3.30. The smallest absolute Gasteiger partial charge is 0.228 e. The fourth-order valence-electron chi connectivity index (χ4n) is 2.52. The number of nitrogens with zero attached hydrogens (tertiary/aromatic N) is 2. The van der Waals surface area contributed by atoms with Crippen molar-refractivity contribution in [2.75, 3.05) is 19.6 Å². The average molecular weight is 378 g/mol. The van der Waals surface area contributed by atoms with Crippen molar-refractivity contribution in [3.63, 3.8) is 0 Å². The van der Waals surface area contributed by atoms with Crippen LogP contribution in [0.2, 0.25) is 0 Å². The summed E-state index contributed by atoms with van der Waals surface area (Å²) in [6.07, 6.45) is 0.362. The molecule has 3 heterocycles. The van der Waals surface area contributed by atoms with Gasteiger partial charge < -0.3 is 14.6 Å². The first-order chi connectivity index (χ1) is 10.1.